The maximum atomic E-state index is 12.3. The summed E-state index contributed by atoms with van der Waals surface area (Å²) in [5.41, 5.74) is 0. The zero-order chi connectivity index (χ0) is 15.1. The molecule has 0 aromatic carbocycles. The summed E-state index contributed by atoms with van der Waals surface area (Å²) in [6, 6.07) is -0.0714. The molecule has 1 heterocycles. The van der Waals surface area contributed by atoms with E-state index in [4.69, 9.17) is 10.8 Å². The number of carbonyl (C=O) groups excluding carboxylic acids is 1. The van der Waals surface area contributed by atoms with Crippen molar-refractivity contribution in [2.24, 2.45) is 5.92 Å². The van der Waals surface area contributed by atoms with Crippen LogP contribution in [0.3, 0.4) is 0 Å². The topological polar surface area (TPSA) is 29.5 Å². The second kappa shape index (κ2) is 5.20. The fraction of sp³-hybridized carbons (Fsp3) is 0.812. The van der Waals surface area contributed by atoms with Crippen molar-refractivity contribution < 1.29 is 9.22 Å². The number of terminal acetylenes is 1. The van der Waals surface area contributed by atoms with Crippen LogP contribution in [-0.2, 0) is 9.22 Å². The smallest absolute Gasteiger partial charge is 0.226 e. The second-order valence-corrected chi connectivity index (χ2v) is 12.4. The number of carbonyl (C=O) groups is 1. The van der Waals surface area contributed by atoms with Crippen molar-refractivity contribution in [1.29, 1.82) is 0 Å². The molecule has 1 saturated carbocycles. The Labute approximate surface area is 124 Å². The molecule has 0 N–H and O–H groups in total. The summed E-state index contributed by atoms with van der Waals surface area (Å²) in [7, 11) is -1.79. The molecule has 1 aliphatic carbocycles. The Morgan fingerprint density at radius 2 is 1.95 bits per heavy atom. The highest BCUT2D eigenvalue weighted by atomic mass is 28.4. The van der Waals surface area contributed by atoms with Crippen LogP contribution in [0, 0.1) is 18.3 Å². The molecule has 0 aromatic heterocycles. The first-order valence-electron chi connectivity index (χ1n) is 7.60. The van der Waals surface area contributed by atoms with E-state index in [1.54, 1.807) is 0 Å². The Kier molecular flexibility index (Phi) is 4.05. The van der Waals surface area contributed by atoms with Gasteiger partial charge in [-0.15, -0.1) is 6.42 Å². The molecular formula is C16H27NO2Si. The third-order valence-electron chi connectivity index (χ3n) is 4.93. The Hall–Kier alpha value is -0.793. The van der Waals surface area contributed by atoms with Crippen molar-refractivity contribution in [3.05, 3.63) is 0 Å². The number of hydrogen-bond donors (Lipinski definition) is 0. The Morgan fingerprint density at radius 3 is 2.40 bits per heavy atom. The second-order valence-electron chi connectivity index (χ2n) is 7.68. The average Bonchev–Trinajstić information content (AvgIpc) is 3.08. The molecular weight excluding hydrogens is 266 g/mol. The van der Waals surface area contributed by atoms with Crippen LogP contribution in [0.4, 0.5) is 0 Å². The first-order valence-corrected chi connectivity index (χ1v) is 10.5. The molecule has 0 unspecified atom stereocenters. The molecule has 1 aliphatic heterocycles. The van der Waals surface area contributed by atoms with Crippen molar-refractivity contribution in [2.75, 3.05) is 6.54 Å². The van der Waals surface area contributed by atoms with Crippen molar-refractivity contribution in [3.63, 3.8) is 0 Å². The van der Waals surface area contributed by atoms with Crippen molar-refractivity contribution in [2.45, 2.75) is 70.3 Å². The summed E-state index contributed by atoms with van der Waals surface area (Å²) in [6.07, 6.45) is 8.57. The van der Waals surface area contributed by atoms with Crippen LogP contribution in [0.15, 0.2) is 0 Å². The normalized spacial score (nSPS) is 27.5. The monoisotopic (exact) mass is 293 g/mol. The third-order valence-corrected chi connectivity index (χ3v) is 9.47. The molecule has 2 fully saturated rings. The summed E-state index contributed by atoms with van der Waals surface area (Å²) >= 11 is 0. The quantitative estimate of drug-likeness (QED) is 0.591. The number of likely N-dealkylation sites (tertiary alicyclic amines) is 1. The summed E-state index contributed by atoms with van der Waals surface area (Å²) in [5, 5.41) is 0.187. The maximum absolute atomic E-state index is 12.3. The van der Waals surface area contributed by atoms with Gasteiger partial charge in [0.25, 0.3) is 0 Å². The van der Waals surface area contributed by atoms with Crippen molar-refractivity contribution in [1.82, 2.24) is 4.90 Å². The zero-order valence-electron chi connectivity index (χ0n) is 13.4. The van der Waals surface area contributed by atoms with Gasteiger partial charge in [-0.3, -0.25) is 4.79 Å². The van der Waals surface area contributed by atoms with Crippen molar-refractivity contribution >= 4 is 14.2 Å². The minimum atomic E-state index is -1.79. The lowest BCUT2D eigenvalue weighted by atomic mass is 10.2. The van der Waals surface area contributed by atoms with Gasteiger partial charge in [-0.25, -0.2) is 0 Å². The number of nitrogens with zero attached hydrogens (tertiary/aromatic N) is 1. The predicted octanol–water partition coefficient (Wildman–Crippen LogP) is 3.02. The van der Waals surface area contributed by atoms with Crippen LogP contribution in [0.2, 0.25) is 18.1 Å². The molecule has 0 spiro atoms. The van der Waals surface area contributed by atoms with Gasteiger partial charge in [0.1, 0.15) is 0 Å². The third kappa shape index (κ3) is 3.10. The van der Waals surface area contributed by atoms with Gasteiger partial charge in [0.15, 0.2) is 8.32 Å². The van der Waals surface area contributed by atoms with E-state index >= 15 is 0 Å². The molecule has 20 heavy (non-hydrogen) atoms. The van der Waals surface area contributed by atoms with Gasteiger partial charge in [0.2, 0.25) is 5.91 Å². The van der Waals surface area contributed by atoms with E-state index in [1.165, 1.54) is 0 Å². The van der Waals surface area contributed by atoms with E-state index in [0.29, 0.717) is 6.54 Å². The summed E-state index contributed by atoms with van der Waals surface area (Å²) in [4.78, 5) is 14.2. The molecule has 0 radical (unpaired) electrons. The lowest BCUT2D eigenvalue weighted by molar-refractivity contribution is -0.132. The summed E-state index contributed by atoms with van der Waals surface area (Å²) < 4.78 is 6.43. The number of amides is 1. The minimum Gasteiger partial charge on any atom is -0.412 e. The highest BCUT2D eigenvalue weighted by Crippen LogP contribution is 2.40. The van der Waals surface area contributed by atoms with E-state index in [2.05, 4.69) is 39.8 Å². The van der Waals surface area contributed by atoms with Crippen LogP contribution in [0.5, 0.6) is 0 Å². The van der Waals surface area contributed by atoms with Gasteiger partial charge < -0.3 is 9.33 Å². The SMILES string of the molecule is C#C[C@H]1C[C@H](O[Si](C)(C)C(C)(C)C)CN1C(=O)C1CC1. The molecule has 4 heteroatoms. The molecule has 0 aromatic rings. The van der Waals surface area contributed by atoms with Crippen LogP contribution in [0.25, 0.3) is 0 Å². The standard InChI is InChI=1S/C16H27NO2Si/c1-7-13-10-14(19-20(5,6)16(2,3)4)11-17(13)15(18)12-8-9-12/h1,12-14H,8-11H2,2-6H3/t13-,14-/m0/s1. The van der Waals surface area contributed by atoms with E-state index in [1.807, 2.05) is 4.90 Å². The Morgan fingerprint density at radius 1 is 1.35 bits per heavy atom. The molecule has 112 valence electrons. The van der Waals surface area contributed by atoms with Gasteiger partial charge in [0.05, 0.1) is 12.1 Å². The van der Waals surface area contributed by atoms with E-state index < -0.39 is 8.32 Å². The average molecular weight is 293 g/mol. The molecule has 1 amide bonds. The summed E-state index contributed by atoms with van der Waals surface area (Å²) in [5.74, 6) is 3.25. The van der Waals surface area contributed by atoms with Gasteiger partial charge in [-0.1, -0.05) is 26.7 Å². The fourth-order valence-corrected chi connectivity index (χ4v) is 3.80. The minimum absolute atomic E-state index is 0.0714. The van der Waals surface area contributed by atoms with Crippen LogP contribution < -0.4 is 0 Å². The van der Waals surface area contributed by atoms with Gasteiger partial charge in [-0.05, 0) is 31.0 Å². The maximum Gasteiger partial charge on any atom is 0.226 e. The first kappa shape index (κ1) is 15.6. The Bertz CT molecular complexity index is 429. The summed E-state index contributed by atoms with van der Waals surface area (Å²) in [6.45, 7) is 11.9. The van der Waals surface area contributed by atoms with Crippen molar-refractivity contribution in [3.8, 4) is 12.3 Å². The van der Waals surface area contributed by atoms with Crippen LogP contribution in [-0.4, -0.2) is 37.8 Å². The van der Waals surface area contributed by atoms with E-state index in [9.17, 15) is 4.79 Å². The van der Waals surface area contributed by atoms with Gasteiger partial charge in [-0.2, -0.15) is 0 Å². The molecule has 2 rings (SSSR count). The first-order chi connectivity index (χ1) is 9.15. The number of rotatable bonds is 3. The predicted molar refractivity (Wildman–Crippen MR) is 83.7 cm³/mol. The van der Waals surface area contributed by atoms with Crippen LogP contribution >= 0.6 is 0 Å². The lowest BCUT2D eigenvalue weighted by Gasteiger charge is -2.38. The molecule has 3 nitrogen and oxygen atoms in total. The lowest BCUT2D eigenvalue weighted by Crippen LogP contribution is -2.45. The molecule has 1 saturated heterocycles. The fourth-order valence-electron chi connectivity index (χ4n) is 2.44. The Balaban J connectivity index is 2.02. The zero-order valence-corrected chi connectivity index (χ0v) is 14.4. The largest absolute Gasteiger partial charge is 0.412 e. The van der Waals surface area contributed by atoms with Gasteiger partial charge >= 0.3 is 0 Å². The molecule has 2 atom stereocenters. The van der Waals surface area contributed by atoms with Gasteiger partial charge in [0, 0.05) is 18.9 Å². The van der Waals surface area contributed by atoms with E-state index in [-0.39, 0.29) is 29.0 Å². The van der Waals surface area contributed by atoms with E-state index in [0.717, 1.165) is 19.3 Å². The molecule has 0 bridgehead atoms. The highest BCUT2D eigenvalue weighted by Gasteiger charge is 2.45. The highest BCUT2D eigenvalue weighted by molar-refractivity contribution is 6.74. The molecule has 2 aliphatic rings. The van der Waals surface area contributed by atoms with Crippen LogP contribution in [0.1, 0.15) is 40.0 Å². The number of hydrogen-bond acceptors (Lipinski definition) is 2.